The molecule has 0 amide bonds. The first-order chi connectivity index (χ1) is 15.3. The van der Waals surface area contributed by atoms with Crippen molar-refractivity contribution in [2.45, 2.75) is 135 Å². The molecule has 32 heavy (non-hydrogen) atoms. The van der Waals surface area contributed by atoms with E-state index in [1.54, 1.807) is 0 Å². The molecule has 0 saturated carbocycles. The van der Waals surface area contributed by atoms with Crippen LogP contribution in [0.15, 0.2) is 0 Å². The first-order valence-corrected chi connectivity index (χ1v) is 15.3. The fourth-order valence-corrected chi connectivity index (χ4v) is 5.63. The number of phosphoric ester groups is 1. The highest BCUT2D eigenvalue weighted by molar-refractivity contribution is 7.45. The van der Waals surface area contributed by atoms with Crippen molar-refractivity contribution in [2.24, 2.45) is 0 Å². The van der Waals surface area contributed by atoms with Crippen LogP contribution in [0.3, 0.4) is 0 Å². The number of phosphoric acid groups is 1. The van der Waals surface area contributed by atoms with Crippen molar-refractivity contribution in [3.63, 3.8) is 0 Å². The number of nitrogens with zero attached hydrogens (tertiary/aromatic N) is 1. The molecule has 1 fully saturated rings. The molecule has 6 heteroatoms. The number of quaternary nitrogens is 1. The van der Waals surface area contributed by atoms with Gasteiger partial charge in [-0.05, 0) is 19.3 Å². The van der Waals surface area contributed by atoms with Crippen molar-refractivity contribution in [3.05, 3.63) is 0 Å². The molecule has 5 nitrogen and oxygen atoms in total. The zero-order chi connectivity index (χ0) is 23.5. The molecule has 0 aromatic rings. The minimum atomic E-state index is -4.17. The lowest BCUT2D eigenvalue weighted by Crippen LogP contribution is -2.40. The summed E-state index contributed by atoms with van der Waals surface area (Å²) in [5, 5.41) is 0. The highest BCUT2D eigenvalue weighted by Gasteiger charge is 2.26. The zero-order valence-corrected chi connectivity index (χ0v) is 22.6. The summed E-state index contributed by atoms with van der Waals surface area (Å²) < 4.78 is 23.5. The Bertz CT molecular complexity index is 486. The molecule has 0 bridgehead atoms. The van der Waals surface area contributed by atoms with Gasteiger partial charge in [-0.25, -0.2) is 0 Å². The van der Waals surface area contributed by atoms with Gasteiger partial charge < -0.3 is 18.4 Å². The maximum atomic E-state index is 12.1. The first-order valence-electron chi connectivity index (χ1n) is 13.8. The van der Waals surface area contributed by atoms with E-state index in [0.717, 1.165) is 49.7 Å². The molecule has 1 saturated heterocycles. The fraction of sp³-hybridized carbons (Fsp3) is 1.00. The number of unbranched alkanes of at least 4 members (excludes halogenated alkanes) is 15. The third kappa shape index (κ3) is 17.5. The van der Waals surface area contributed by atoms with Gasteiger partial charge in [0.25, 0.3) is 7.82 Å². The van der Waals surface area contributed by atoms with Gasteiger partial charge in [0.15, 0.2) is 0 Å². The van der Waals surface area contributed by atoms with E-state index >= 15 is 0 Å². The second kappa shape index (κ2) is 18.4. The summed E-state index contributed by atoms with van der Waals surface area (Å²) in [5.74, 6) is 0. The maximum absolute atomic E-state index is 12.1. The van der Waals surface area contributed by atoms with E-state index in [-0.39, 0.29) is 12.7 Å². The van der Waals surface area contributed by atoms with Crippen LogP contribution in [0.2, 0.25) is 0 Å². The summed E-state index contributed by atoms with van der Waals surface area (Å²) in [6.45, 7) is 4.55. The van der Waals surface area contributed by atoms with Crippen molar-refractivity contribution >= 4 is 7.82 Å². The fourth-order valence-electron chi connectivity index (χ4n) is 4.64. The van der Waals surface area contributed by atoms with Crippen LogP contribution in [0, 0.1) is 0 Å². The van der Waals surface area contributed by atoms with Crippen molar-refractivity contribution < 1.29 is 23.0 Å². The van der Waals surface area contributed by atoms with E-state index in [0.29, 0.717) is 0 Å². The summed E-state index contributed by atoms with van der Waals surface area (Å²) in [6.07, 6.45) is 23.3. The summed E-state index contributed by atoms with van der Waals surface area (Å²) in [4.78, 5) is 12.1. The van der Waals surface area contributed by atoms with Crippen LogP contribution in [0.1, 0.15) is 129 Å². The highest BCUT2D eigenvalue weighted by Crippen LogP contribution is 2.42. The lowest BCUT2D eigenvalue weighted by Gasteiger charge is -2.29. The number of hydrogen-bond acceptors (Lipinski definition) is 4. The van der Waals surface area contributed by atoms with Crippen LogP contribution in [0.5, 0.6) is 0 Å². The Morgan fingerprint density at radius 2 is 1.22 bits per heavy atom. The lowest BCUT2D eigenvalue weighted by atomic mass is 10.0. The second-order valence-corrected chi connectivity index (χ2v) is 12.0. The smallest absolute Gasteiger partial charge is 0.268 e. The third-order valence-corrected chi connectivity index (χ3v) is 7.93. The van der Waals surface area contributed by atoms with Crippen molar-refractivity contribution in [2.75, 3.05) is 33.8 Å². The van der Waals surface area contributed by atoms with E-state index in [9.17, 15) is 9.46 Å². The highest BCUT2D eigenvalue weighted by atomic mass is 31.2. The maximum Gasteiger partial charge on any atom is 0.268 e. The molecule has 0 spiro atoms. The van der Waals surface area contributed by atoms with Crippen LogP contribution >= 0.6 is 7.82 Å². The summed E-state index contributed by atoms with van der Waals surface area (Å²) in [6, 6.07) is 0. The molecule has 0 radical (unpaired) electrons. The molecule has 0 N–H and O–H groups in total. The van der Waals surface area contributed by atoms with Gasteiger partial charge in [-0.15, -0.1) is 0 Å². The molecule has 2 atom stereocenters. The summed E-state index contributed by atoms with van der Waals surface area (Å²) >= 11 is 0. The molecular weight excluding hydrogens is 421 g/mol. The minimum absolute atomic E-state index is 0.218. The van der Waals surface area contributed by atoms with Gasteiger partial charge in [0.05, 0.1) is 39.9 Å². The van der Waals surface area contributed by atoms with E-state index in [4.69, 9.17) is 9.05 Å². The lowest BCUT2D eigenvalue weighted by molar-refractivity contribution is -0.889. The van der Waals surface area contributed by atoms with E-state index in [2.05, 4.69) is 21.0 Å². The quantitative estimate of drug-likeness (QED) is 0.105. The molecule has 1 heterocycles. The number of rotatable bonds is 20. The standard InChI is InChI=1S/C26H54NO4P/c1-4-5-6-7-8-9-10-11-12-13-14-15-16-17-18-19-25-30-32(28,29)31-26-21-20-23-27(2,3)24-22-26/h26H,4-25H2,1-3H3. The average molecular weight is 476 g/mol. The molecule has 1 aliphatic heterocycles. The Hall–Kier alpha value is 0.0700. The van der Waals surface area contributed by atoms with Crippen LogP contribution in [0.25, 0.3) is 0 Å². The van der Waals surface area contributed by atoms with Crippen LogP contribution in [-0.2, 0) is 13.6 Å². The number of hydrogen-bond donors (Lipinski definition) is 0. The molecule has 0 aromatic heterocycles. The molecule has 1 rings (SSSR count). The van der Waals surface area contributed by atoms with E-state index in [1.165, 1.54) is 89.9 Å². The SMILES string of the molecule is CCCCCCCCCCCCCCCCCCOP(=O)([O-])OC1CCC[N+](C)(C)CC1. The molecule has 2 unspecified atom stereocenters. The van der Waals surface area contributed by atoms with Crippen LogP contribution in [0.4, 0.5) is 0 Å². The monoisotopic (exact) mass is 475 g/mol. The van der Waals surface area contributed by atoms with Gasteiger partial charge in [0.2, 0.25) is 0 Å². The molecule has 1 aliphatic rings. The Balaban J connectivity index is 1.87. The average Bonchev–Trinajstić information content (AvgIpc) is 2.90. The zero-order valence-electron chi connectivity index (χ0n) is 21.7. The van der Waals surface area contributed by atoms with Crippen molar-refractivity contribution in [1.82, 2.24) is 0 Å². The van der Waals surface area contributed by atoms with Gasteiger partial charge in [-0.3, -0.25) is 4.57 Å². The minimum Gasteiger partial charge on any atom is -0.756 e. The normalized spacial score (nSPS) is 20.7. The molecule has 0 aliphatic carbocycles. The van der Waals surface area contributed by atoms with Crippen LogP contribution < -0.4 is 4.89 Å². The van der Waals surface area contributed by atoms with Gasteiger partial charge in [-0.2, -0.15) is 0 Å². The Kier molecular flexibility index (Phi) is 17.3. The predicted molar refractivity (Wildman–Crippen MR) is 134 cm³/mol. The van der Waals surface area contributed by atoms with E-state index in [1.807, 2.05) is 0 Å². The largest absolute Gasteiger partial charge is 0.756 e. The van der Waals surface area contributed by atoms with Crippen molar-refractivity contribution in [3.8, 4) is 0 Å². The van der Waals surface area contributed by atoms with Gasteiger partial charge in [0, 0.05) is 6.42 Å². The summed E-state index contributed by atoms with van der Waals surface area (Å²) in [7, 11) is 0.206. The Morgan fingerprint density at radius 3 is 1.72 bits per heavy atom. The van der Waals surface area contributed by atoms with E-state index < -0.39 is 7.82 Å². The summed E-state index contributed by atoms with van der Waals surface area (Å²) in [5.41, 5.74) is 0. The molecular formula is C26H54NO4P. The predicted octanol–water partition coefficient (Wildman–Crippen LogP) is 7.38. The van der Waals surface area contributed by atoms with Crippen molar-refractivity contribution in [1.29, 1.82) is 0 Å². The van der Waals surface area contributed by atoms with Crippen LogP contribution in [-0.4, -0.2) is 44.4 Å². The van der Waals surface area contributed by atoms with Gasteiger partial charge in [-0.1, -0.05) is 103 Å². The molecule has 192 valence electrons. The second-order valence-electron chi connectivity index (χ2n) is 10.6. The van der Waals surface area contributed by atoms with Gasteiger partial charge >= 0.3 is 0 Å². The number of likely N-dealkylation sites (tertiary alicyclic amines) is 1. The Morgan fingerprint density at radius 1 is 0.750 bits per heavy atom. The Labute approximate surface area is 199 Å². The third-order valence-electron chi connectivity index (χ3n) is 6.87. The first kappa shape index (κ1) is 30.1. The topological polar surface area (TPSA) is 58.6 Å². The molecule has 0 aromatic carbocycles. The van der Waals surface area contributed by atoms with Gasteiger partial charge in [0.1, 0.15) is 0 Å².